The Kier molecular flexibility index (Phi) is 3.22. The van der Waals surface area contributed by atoms with Gasteiger partial charge in [-0.25, -0.2) is 4.99 Å². The van der Waals surface area contributed by atoms with E-state index in [4.69, 9.17) is 0 Å². The second kappa shape index (κ2) is 4.21. The lowest BCUT2D eigenvalue weighted by Crippen LogP contribution is -2.29. The summed E-state index contributed by atoms with van der Waals surface area (Å²) >= 11 is 0. The lowest BCUT2D eigenvalue weighted by atomic mass is 10.0. The standard InChI is InChI=1S/C9H15N3O2/c1-4-6(5(2)3)10-9-11-7(13)8(14)12-9/h5-6H,4H2,1-3H3,(H2,10,11,12,13,14). The number of nitrogens with zero attached hydrogens (tertiary/aromatic N) is 1. The molecule has 78 valence electrons. The molecule has 5 heteroatoms. The summed E-state index contributed by atoms with van der Waals surface area (Å²) in [6.45, 7) is 6.13. The van der Waals surface area contributed by atoms with Gasteiger partial charge in [-0.05, 0) is 12.3 Å². The molecule has 1 atom stereocenters. The molecule has 0 spiro atoms. The number of rotatable bonds is 3. The van der Waals surface area contributed by atoms with E-state index < -0.39 is 11.8 Å². The van der Waals surface area contributed by atoms with Crippen molar-refractivity contribution in [1.82, 2.24) is 10.6 Å². The minimum Gasteiger partial charge on any atom is -0.288 e. The highest BCUT2D eigenvalue weighted by Crippen LogP contribution is 2.10. The number of hydrogen-bond donors (Lipinski definition) is 2. The molecular weight excluding hydrogens is 182 g/mol. The van der Waals surface area contributed by atoms with Crippen LogP contribution in [0.3, 0.4) is 0 Å². The van der Waals surface area contributed by atoms with E-state index in [-0.39, 0.29) is 12.0 Å². The number of aliphatic imine (C=N–C) groups is 1. The summed E-state index contributed by atoms with van der Waals surface area (Å²) in [5.41, 5.74) is 0. The van der Waals surface area contributed by atoms with Crippen molar-refractivity contribution in [2.45, 2.75) is 33.2 Å². The van der Waals surface area contributed by atoms with Gasteiger partial charge < -0.3 is 0 Å². The van der Waals surface area contributed by atoms with E-state index in [1.54, 1.807) is 0 Å². The summed E-state index contributed by atoms with van der Waals surface area (Å²) in [7, 11) is 0. The normalized spacial score (nSPS) is 18.1. The summed E-state index contributed by atoms with van der Waals surface area (Å²) in [6.07, 6.45) is 0.882. The largest absolute Gasteiger partial charge is 0.316 e. The van der Waals surface area contributed by atoms with Crippen LogP contribution in [0.15, 0.2) is 4.99 Å². The Labute approximate surface area is 83.0 Å². The first-order chi connectivity index (χ1) is 6.54. The van der Waals surface area contributed by atoms with Crippen LogP contribution >= 0.6 is 0 Å². The van der Waals surface area contributed by atoms with E-state index in [1.165, 1.54) is 0 Å². The molecule has 2 N–H and O–H groups in total. The quantitative estimate of drug-likeness (QED) is 0.626. The molecule has 14 heavy (non-hydrogen) atoms. The summed E-state index contributed by atoms with van der Waals surface area (Å²) in [5.74, 6) is -0.604. The molecule has 1 rings (SSSR count). The van der Waals surface area contributed by atoms with Crippen LogP contribution in [-0.2, 0) is 9.59 Å². The number of guanidine groups is 1. The zero-order valence-corrected chi connectivity index (χ0v) is 8.63. The highest BCUT2D eigenvalue weighted by molar-refractivity contribution is 6.45. The minimum absolute atomic E-state index is 0.128. The maximum absolute atomic E-state index is 10.8. The molecule has 5 nitrogen and oxygen atoms in total. The lowest BCUT2D eigenvalue weighted by Gasteiger charge is -2.14. The SMILES string of the molecule is CCC(N=C1NC(=O)C(=O)N1)C(C)C. The Hall–Kier alpha value is -1.39. The molecule has 0 aromatic carbocycles. The van der Waals surface area contributed by atoms with Gasteiger partial charge in [0.15, 0.2) is 0 Å². The fourth-order valence-electron chi connectivity index (χ4n) is 1.30. The maximum atomic E-state index is 10.8. The average molecular weight is 197 g/mol. The molecule has 0 radical (unpaired) electrons. The summed E-state index contributed by atoms with van der Waals surface area (Å²) in [5, 5.41) is 4.75. The first-order valence-electron chi connectivity index (χ1n) is 4.74. The van der Waals surface area contributed by atoms with Crippen LogP contribution in [0.25, 0.3) is 0 Å². The van der Waals surface area contributed by atoms with Gasteiger partial charge in [0.05, 0.1) is 6.04 Å². The molecular formula is C9H15N3O2. The van der Waals surface area contributed by atoms with Gasteiger partial charge in [0.1, 0.15) is 0 Å². The highest BCUT2D eigenvalue weighted by atomic mass is 16.2. The average Bonchev–Trinajstić information content (AvgIpc) is 2.41. The zero-order valence-electron chi connectivity index (χ0n) is 8.63. The third-order valence-corrected chi connectivity index (χ3v) is 2.15. The van der Waals surface area contributed by atoms with E-state index in [0.717, 1.165) is 6.42 Å². The number of carbonyl (C=O) groups excluding carboxylic acids is 2. The van der Waals surface area contributed by atoms with E-state index in [0.29, 0.717) is 5.92 Å². The van der Waals surface area contributed by atoms with E-state index >= 15 is 0 Å². The molecule has 1 unspecified atom stereocenters. The topological polar surface area (TPSA) is 70.6 Å². The molecule has 0 aromatic heterocycles. The fraction of sp³-hybridized carbons (Fsp3) is 0.667. The summed E-state index contributed by atoms with van der Waals surface area (Å²) < 4.78 is 0. The van der Waals surface area contributed by atoms with Gasteiger partial charge in [0.2, 0.25) is 5.96 Å². The fourth-order valence-corrected chi connectivity index (χ4v) is 1.30. The van der Waals surface area contributed by atoms with Gasteiger partial charge in [-0.15, -0.1) is 0 Å². The van der Waals surface area contributed by atoms with E-state index in [9.17, 15) is 9.59 Å². The molecule has 1 aliphatic heterocycles. The van der Waals surface area contributed by atoms with Crippen LogP contribution in [0.4, 0.5) is 0 Å². The van der Waals surface area contributed by atoms with Crippen LogP contribution in [-0.4, -0.2) is 23.8 Å². The van der Waals surface area contributed by atoms with Crippen molar-refractivity contribution < 1.29 is 9.59 Å². The Bertz CT molecular complexity index is 266. The Morgan fingerprint density at radius 3 is 2.07 bits per heavy atom. The summed E-state index contributed by atoms with van der Waals surface area (Å²) in [6, 6.07) is 0.128. The lowest BCUT2D eigenvalue weighted by molar-refractivity contribution is -0.135. The van der Waals surface area contributed by atoms with Crippen LogP contribution < -0.4 is 10.6 Å². The van der Waals surface area contributed by atoms with E-state index in [2.05, 4.69) is 29.5 Å². The van der Waals surface area contributed by atoms with Crippen molar-refractivity contribution in [3.8, 4) is 0 Å². The van der Waals surface area contributed by atoms with Crippen molar-refractivity contribution in [2.75, 3.05) is 0 Å². The smallest absolute Gasteiger partial charge is 0.288 e. The Morgan fingerprint density at radius 2 is 1.71 bits per heavy atom. The predicted octanol–water partition coefficient (Wildman–Crippen LogP) is 0.0230. The minimum atomic E-state index is -0.637. The van der Waals surface area contributed by atoms with Crippen LogP contribution in [0.1, 0.15) is 27.2 Å². The number of amides is 2. The first kappa shape index (κ1) is 10.7. The molecule has 1 aliphatic rings. The second-order valence-electron chi connectivity index (χ2n) is 3.61. The molecule has 0 aliphatic carbocycles. The van der Waals surface area contributed by atoms with Gasteiger partial charge in [-0.1, -0.05) is 20.8 Å². The van der Waals surface area contributed by atoms with Gasteiger partial charge >= 0.3 is 11.8 Å². The van der Waals surface area contributed by atoms with Crippen molar-refractivity contribution in [3.63, 3.8) is 0 Å². The predicted molar refractivity (Wildman–Crippen MR) is 52.6 cm³/mol. The monoisotopic (exact) mass is 197 g/mol. The molecule has 0 bridgehead atoms. The first-order valence-corrected chi connectivity index (χ1v) is 4.74. The Balaban J connectivity index is 2.69. The molecule has 0 aromatic rings. The van der Waals surface area contributed by atoms with Gasteiger partial charge in [-0.3, -0.25) is 20.2 Å². The van der Waals surface area contributed by atoms with Gasteiger partial charge in [0.25, 0.3) is 0 Å². The molecule has 2 amide bonds. The highest BCUT2D eigenvalue weighted by Gasteiger charge is 2.26. The molecule has 1 saturated heterocycles. The van der Waals surface area contributed by atoms with Crippen LogP contribution in [0, 0.1) is 5.92 Å². The van der Waals surface area contributed by atoms with Crippen molar-refractivity contribution >= 4 is 17.8 Å². The molecule has 1 heterocycles. The number of hydrogen-bond acceptors (Lipinski definition) is 3. The van der Waals surface area contributed by atoms with Crippen molar-refractivity contribution in [2.24, 2.45) is 10.9 Å². The Morgan fingerprint density at radius 1 is 1.21 bits per heavy atom. The second-order valence-corrected chi connectivity index (χ2v) is 3.61. The third-order valence-electron chi connectivity index (χ3n) is 2.15. The van der Waals surface area contributed by atoms with Gasteiger partial charge in [-0.2, -0.15) is 0 Å². The molecule has 1 fully saturated rings. The van der Waals surface area contributed by atoms with Crippen molar-refractivity contribution in [3.05, 3.63) is 0 Å². The zero-order chi connectivity index (χ0) is 10.7. The number of carbonyl (C=O) groups is 2. The molecule has 0 saturated carbocycles. The van der Waals surface area contributed by atoms with E-state index in [1.807, 2.05) is 6.92 Å². The number of nitrogens with one attached hydrogen (secondary N) is 2. The van der Waals surface area contributed by atoms with Gasteiger partial charge in [0, 0.05) is 0 Å². The maximum Gasteiger partial charge on any atom is 0.316 e. The van der Waals surface area contributed by atoms with Crippen molar-refractivity contribution in [1.29, 1.82) is 0 Å². The third kappa shape index (κ3) is 2.31. The van der Waals surface area contributed by atoms with Crippen LogP contribution in [0.5, 0.6) is 0 Å². The van der Waals surface area contributed by atoms with Crippen LogP contribution in [0.2, 0.25) is 0 Å². The summed E-state index contributed by atoms with van der Waals surface area (Å²) in [4.78, 5) is 25.9.